The molecular weight excluding hydrogens is 222 g/mol. The van der Waals surface area contributed by atoms with Gasteiger partial charge in [0.15, 0.2) is 5.01 Å². The lowest BCUT2D eigenvalue weighted by Gasteiger charge is -1.96. The number of primary amides is 1. The van der Waals surface area contributed by atoms with Crippen molar-refractivity contribution in [3.8, 4) is 0 Å². The Morgan fingerprint density at radius 2 is 2.40 bits per heavy atom. The summed E-state index contributed by atoms with van der Waals surface area (Å²) >= 11 is 1.13. The van der Waals surface area contributed by atoms with Crippen molar-refractivity contribution in [2.24, 2.45) is 5.73 Å². The van der Waals surface area contributed by atoms with Gasteiger partial charge >= 0.3 is 0 Å². The number of aryl methyl sites for hydroxylation is 1. The standard InChI is InChI=1S/C7H9N3O4S/c1-4-5(2-3-14-10(12)13)15-7(9-4)6(8)11/h2-3H2,1H3,(H2,8,11). The Bertz CT molecular complexity index is 390. The summed E-state index contributed by atoms with van der Waals surface area (Å²) in [6, 6.07) is 0. The van der Waals surface area contributed by atoms with Crippen LogP contribution in [-0.4, -0.2) is 22.6 Å². The molecule has 0 bridgehead atoms. The molecule has 1 aromatic rings. The van der Waals surface area contributed by atoms with E-state index >= 15 is 0 Å². The van der Waals surface area contributed by atoms with Crippen molar-refractivity contribution in [1.29, 1.82) is 0 Å². The molecule has 0 aliphatic rings. The predicted molar refractivity (Wildman–Crippen MR) is 52.0 cm³/mol. The molecule has 2 N–H and O–H groups in total. The number of rotatable bonds is 5. The first-order valence-corrected chi connectivity index (χ1v) is 4.85. The van der Waals surface area contributed by atoms with Gasteiger partial charge in [-0.25, -0.2) is 4.98 Å². The van der Waals surface area contributed by atoms with Crippen LogP contribution in [0.3, 0.4) is 0 Å². The first-order valence-electron chi connectivity index (χ1n) is 4.04. The highest BCUT2D eigenvalue weighted by Gasteiger charge is 2.11. The molecule has 1 rings (SSSR count). The van der Waals surface area contributed by atoms with Crippen LogP contribution >= 0.6 is 11.3 Å². The molecule has 0 saturated carbocycles. The minimum Gasteiger partial charge on any atom is -0.364 e. The predicted octanol–water partition coefficient (Wildman–Crippen LogP) is 0.301. The van der Waals surface area contributed by atoms with Crippen LogP contribution in [-0.2, 0) is 11.3 Å². The summed E-state index contributed by atoms with van der Waals surface area (Å²) in [6.07, 6.45) is 0.345. The Balaban J connectivity index is 2.61. The molecule has 7 nitrogen and oxygen atoms in total. The normalized spacial score (nSPS) is 9.93. The van der Waals surface area contributed by atoms with Gasteiger partial charge in [-0.15, -0.1) is 21.5 Å². The fraction of sp³-hybridized carbons (Fsp3) is 0.429. The average Bonchev–Trinajstić information content (AvgIpc) is 2.47. The highest BCUT2D eigenvalue weighted by atomic mass is 32.1. The summed E-state index contributed by atoms with van der Waals surface area (Å²) in [6.45, 7) is 1.67. The van der Waals surface area contributed by atoms with E-state index in [1.807, 2.05) is 0 Å². The van der Waals surface area contributed by atoms with Crippen LogP contribution in [0.2, 0.25) is 0 Å². The number of carbonyl (C=O) groups excluding carboxylic acids is 1. The second-order valence-corrected chi connectivity index (χ2v) is 3.78. The molecule has 0 spiro atoms. The van der Waals surface area contributed by atoms with Gasteiger partial charge in [0.2, 0.25) is 0 Å². The maximum Gasteiger partial charge on any atom is 0.294 e. The van der Waals surface area contributed by atoms with Gasteiger partial charge in [0.05, 0.1) is 5.69 Å². The van der Waals surface area contributed by atoms with E-state index in [4.69, 9.17) is 5.73 Å². The zero-order valence-electron chi connectivity index (χ0n) is 7.93. The van der Waals surface area contributed by atoms with Crippen LogP contribution in [0.5, 0.6) is 0 Å². The van der Waals surface area contributed by atoms with Gasteiger partial charge in [-0.1, -0.05) is 0 Å². The van der Waals surface area contributed by atoms with Gasteiger partial charge in [0.1, 0.15) is 6.61 Å². The Morgan fingerprint density at radius 1 is 1.73 bits per heavy atom. The summed E-state index contributed by atoms with van der Waals surface area (Å²) in [5, 5.41) is 9.24. The quantitative estimate of drug-likeness (QED) is 0.579. The number of aromatic nitrogens is 1. The first-order chi connectivity index (χ1) is 7.00. The van der Waals surface area contributed by atoms with Crippen LogP contribution in [0.15, 0.2) is 0 Å². The maximum absolute atomic E-state index is 10.8. The Labute approximate surface area is 89.0 Å². The van der Waals surface area contributed by atoms with Crippen molar-refractivity contribution in [1.82, 2.24) is 4.98 Å². The average molecular weight is 231 g/mol. The van der Waals surface area contributed by atoms with Crippen LogP contribution in [0.25, 0.3) is 0 Å². The van der Waals surface area contributed by atoms with Crippen LogP contribution in [0.1, 0.15) is 20.4 Å². The number of hydrogen-bond donors (Lipinski definition) is 1. The molecule has 0 atom stereocenters. The Morgan fingerprint density at radius 3 is 2.87 bits per heavy atom. The van der Waals surface area contributed by atoms with Crippen molar-refractivity contribution in [2.45, 2.75) is 13.3 Å². The fourth-order valence-electron chi connectivity index (χ4n) is 0.978. The van der Waals surface area contributed by atoms with Crippen molar-refractivity contribution in [3.05, 3.63) is 25.7 Å². The second-order valence-electron chi connectivity index (χ2n) is 2.70. The van der Waals surface area contributed by atoms with E-state index in [0.717, 1.165) is 16.2 Å². The third-order valence-corrected chi connectivity index (χ3v) is 2.86. The number of amides is 1. The molecule has 1 heterocycles. The van der Waals surface area contributed by atoms with Crippen molar-refractivity contribution >= 4 is 17.2 Å². The lowest BCUT2D eigenvalue weighted by atomic mass is 10.3. The topological polar surface area (TPSA) is 108 Å². The number of carbonyl (C=O) groups is 1. The number of nitrogens with zero attached hydrogens (tertiary/aromatic N) is 2. The zero-order chi connectivity index (χ0) is 11.4. The molecule has 82 valence electrons. The third kappa shape index (κ3) is 3.17. The van der Waals surface area contributed by atoms with E-state index < -0.39 is 11.0 Å². The summed E-state index contributed by atoms with van der Waals surface area (Å²) in [5.41, 5.74) is 5.70. The van der Waals surface area contributed by atoms with E-state index in [1.165, 1.54) is 0 Å². The molecule has 1 aromatic heterocycles. The monoisotopic (exact) mass is 231 g/mol. The molecule has 0 radical (unpaired) electrons. The van der Waals surface area contributed by atoms with Gasteiger partial charge in [-0.3, -0.25) is 4.79 Å². The van der Waals surface area contributed by atoms with E-state index in [2.05, 4.69) is 9.82 Å². The van der Waals surface area contributed by atoms with Crippen molar-refractivity contribution < 1.29 is 14.7 Å². The Hall–Kier alpha value is -1.70. The van der Waals surface area contributed by atoms with Gasteiger partial charge < -0.3 is 10.6 Å². The van der Waals surface area contributed by atoms with Gasteiger partial charge in [-0.05, 0) is 6.92 Å². The SMILES string of the molecule is Cc1nc(C(N)=O)sc1CCO[N+](=O)[O-]. The lowest BCUT2D eigenvalue weighted by molar-refractivity contribution is -0.757. The van der Waals surface area contributed by atoms with Crippen LogP contribution in [0.4, 0.5) is 0 Å². The fourth-order valence-corrected chi connectivity index (χ4v) is 1.87. The summed E-state index contributed by atoms with van der Waals surface area (Å²) in [4.78, 5) is 29.5. The molecule has 8 heteroatoms. The van der Waals surface area contributed by atoms with Crippen LogP contribution in [0, 0.1) is 17.0 Å². The molecule has 0 aromatic carbocycles. The van der Waals surface area contributed by atoms with Crippen molar-refractivity contribution in [2.75, 3.05) is 6.61 Å². The van der Waals surface area contributed by atoms with Crippen LogP contribution < -0.4 is 5.73 Å². The van der Waals surface area contributed by atoms with Crippen molar-refractivity contribution in [3.63, 3.8) is 0 Å². The summed E-state index contributed by atoms with van der Waals surface area (Å²) < 4.78 is 0. The molecule has 0 saturated heterocycles. The highest BCUT2D eigenvalue weighted by Crippen LogP contribution is 2.18. The van der Waals surface area contributed by atoms with Gasteiger partial charge in [0, 0.05) is 11.3 Å². The molecule has 15 heavy (non-hydrogen) atoms. The lowest BCUT2D eigenvalue weighted by Crippen LogP contribution is -2.10. The molecule has 0 aliphatic heterocycles. The first kappa shape index (κ1) is 11.4. The molecule has 1 amide bonds. The largest absolute Gasteiger partial charge is 0.364 e. The molecule has 0 fully saturated rings. The zero-order valence-corrected chi connectivity index (χ0v) is 8.74. The Kier molecular flexibility index (Phi) is 3.56. The molecule has 0 aliphatic carbocycles. The van der Waals surface area contributed by atoms with Gasteiger partial charge in [-0.2, -0.15) is 0 Å². The van der Waals surface area contributed by atoms with Gasteiger partial charge in [0.25, 0.3) is 11.0 Å². The molecule has 0 unspecified atom stereocenters. The smallest absolute Gasteiger partial charge is 0.294 e. The third-order valence-electron chi connectivity index (χ3n) is 1.63. The van der Waals surface area contributed by atoms with E-state index in [0.29, 0.717) is 12.1 Å². The van der Waals surface area contributed by atoms with E-state index in [-0.39, 0.29) is 11.6 Å². The minimum atomic E-state index is -0.856. The van der Waals surface area contributed by atoms with E-state index in [9.17, 15) is 14.9 Å². The summed E-state index contributed by atoms with van der Waals surface area (Å²) in [5.74, 6) is -0.593. The minimum absolute atomic E-state index is 0.0474. The number of hydrogen-bond acceptors (Lipinski definition) is 6. The highest BCUT2D eigenvalue weighted by molar-refractivity contribution is 7.13. The molecular formula is C7H9N3O4S. The second kappa shape index (κ2) is 4.69. The maximum atomic E-state index is 10.8. The number of thiazole rings is 1. The summed E-state index contributed by atoms with van der Waals surface area (Å²) in [7, 11) is 0. The van der Waals surface area contributed by atoms with E-state index in [1.54, 1.807) is 6.92 Å². The number of nitrogens with two attached hydrogens (primary N) is 1.